The molecule has 0 amide bonds. The second-order valence-electron chi connectivity index (χ2n) is 3.83. The Morgan fingerprint density at radius 1 is 1.35 bits per heavy atom. The molecule has 0 spiro atoms. The summed E-state index contributed by atoms with van der Waals surface area (Å²) >= 11 is 0. The molecule has 3 nitrogen and oxygen atoms in total. The Kier molecular flexibility index (Phi) is 3.98. The maximum Gasteiger partial charge on any atom is 0.162 e. The van der Waals surface area contributed by atoms with Crippen molar-refractivity contribution < 1.29 is 22.0 Å². The third kappa shape index (κ3) is 3.33. The van der Waals surface area contributed by atoms with E-state index in [2.05, 4.69) is 0 Å². The van der Waals surface area contributed by atoms with Crippen LogP contribution in [0.3, 0.4) is 0 Å². The molecule has 0 N–H and O–H groups in total. The summed E-state index contributed by atoms with van der Waals surface area (Å²) in [7, 11) is -3.51. The van der Waals surface area contributed by atoms with E-state index in [1.807, 2.05) is 0 Å². The maximum atomic E-state index is 13.2. The number of Topliss-reactive ketones (excluding diaryl/α,β-unsaturated/α-hetero) is 1. The fourth-order valence-corrected chi connectivity index (χ4v) is 1.82. The van der Waals surface area contributed by atoms with Crippen molar-refractivity contribution in [2.75, 3.05) is 6.26 Å². The highest BCUT2D eigenvalue weighted by atomic mass is 32.2. The molecule has 0 aliphatic rings. The predicted molar refractivity (Wildman–Crippen MR) is 59.4 cm³/mol. The number of sulfone groups is 1. The quantitative estimate of drug-likeness (QED) is 0.826. The normalized spacial score (nSPS) is 13.4. The van der Waals surface area contributed by atoms with Crippen LogP contribution in [0.1, 0.15) is 12.5 Å². The third-order valence-electron chi connectivity index (χ3n) is 2.49. The molecule has 1 rings (SSSR count). The SMILES string of the molecule is CC(C(=O)Cc1cccc(F)c1F)S(C)(=O)=O. The molecule has 0 aliphatic carbocycles. The fraction of sp³-hybridized carbons (Fsp3) is 0.364. The topological polar surface area (TPSA) is 51.2 Å². The first-order valence-corrected chi connectivity index (χ1v) is 6.83. The highest BCUT2D eigenvalue weighted by Crippen LogP contribution is 2.14. The number of hydrogen-bond acceptors (Lipinski definition) is 3. The van der Waals surface area contributed by atoms with E-state index >= 15 is 0 Å². The number of carbonyl (C=O) groups is 1. The molecule has 0 heterocycles. The molecule has 0 fully saturated rings. The lowest BCUT2D eigenvalue weighted by molar-refractivity contribution is -0.117. The molecule has 0 aromatic heterocycles. The first-order valence-electron chi connectivity index (χ1n) is 4.88. The predicted octanol–water partition coefficient (Wildman–Crippen LogP) is 1.51. The Labute approximate surface area is 98.4 Å². The van der Waals surface area contributed by atoms with E-state index in [0.29, 0.717) is 0 Å². The zero-order valence-electron chi connectivity index (χ0n) is 9.41. The van der Waals surface area contributed by atoms with Gasteiger partial charge in [-0.25, -0.2) is 17.2 Å². The van der Waals surface area contributed by atoms with Crippen molar-refractivity contribution >= 4 is 15.6 Å². The average Bonchev–Trinajstić information content (AvgIpc) is 2.22. The van der Waals surface area contributed by atoms with Crippen LogP contribution in [0.5, 0.6) is 0 Å². The standard InChI is InChI=1S/C11H12F2O3S/c1-7(17(2,15)16)10(14)6-8-4-3-5-9(12)11(8)13/h3-5,7H,6H2,1-2H3. The van der Waals surface area contributed by atoms with Gasteiger partial charge in [-0.1, -0.05) is 12.1 Å². The lowest BCUT2D eigenvalue weighted by Crippen LogP contribution is -2.28. The van der Waals surface area contributed by atoms with Gasteiger partial charge in [-0.05, 0) is 18.6 Å². The van der Waals surface area contributed by atoms with Crippen LogP contribution in [0.2, 0.25) is 0 Å². The minimum atomic E-state index is -3.51. The van der Waals surface area contributed by atoms with Crippen molar-refractivity contribution in [1.29, 1.82) is 0 Å². The Hall–Kier alpha value is -1.30. The summed E-state index contributed by atoms with van der Waals surface area (Å²) in [4.78, 5) is 11.6. The van der Waals surface area contributed by atoms with E-state index in [1.165, 1.54) is 19.1 Å². The highest BCUT2D eigenvalue weighted by molar-refractivity contribution is 7.92. The van der Waals surface area contributed by atoms with E-state index in [0.717, 1.165) is 12.3 Å². The largest absolute Gasteiger partial charge is 0.298 e. The van der Waals surface area contributed by atoms with Gasteiger partial charge in [0, 0.05) is 12.7 Å². The summed E-state index contributed by atoms with van der Waals surface area (Å²) in [5.41, 5.74) is -0.134. The van der Waals surface area contributed by atoms with Crippen molar-refractivity contribution in [3.63, 3.8) is 0 Å². The average molecular weight is 262 g/mol. The van der Waals surface area contributed by atoms with Gasteiger partial charge in [-0.15, -0.1) is 0 Å². The second-order valence-corrected chi connectivity index (χ2v) is 6.19. The van der Waals surface area contributed by atoms with Crippen LogP contribution in [0.4, 0.5) is 8.78 Å². The van der Waals surface area contributed by atoms with Crippen LogP contribution in [0.15, 0.2) is 18.2 Å². The number of ketones is 1. The second kappa shape index (κ2) is 4.91. The molecule has 94 valence electrons. The molecule has 1 aromatic carbocycles. The van der Waals surface area contributed by atoms with Gasteiger partial charge < -0.3 is 0 Å². The molecular formula is C11H12F2O3S. The van der Waals surface area contributed by atoms with Gasteiger partial charge in [-0.3, -0.25) is 4.79 Å². The summed E-state index contributed by atoms with van der Waals surface area (Å²) < 4.78 is 48.4. The van der Waals surface area contributed by atoms with Crippen LogP contribution in [0.25, 0.3) is 0 Å². The Balaban J connectivity index is 2.93. The summed E-state index contributed by atoms with van der Waals surface area (Å²) in [5, 5.41) is -1.22. The molecule has 0 bridgehead atoms. The molecule has 0 saturated carbocycles. The van der Waals surface area contributed by atoms with Gasteiger partial charge in [0.15, 0.2) is 27.3 Å². The van der Waals surface area contributed by atoms with Crippen LogP contribution >= 0.6 is 0 Å². The maximum absolute atomic E-state index is 13.2. The molecule has 1 aromatic rings. The van der Waals surface area contributed by atoms with Gasteiger partial charge in [0.2, 0.25) is 0 Å². The van der Waals surface area contributed by atoms with Crippen molar-refractivity contribution in [2.45, 2.75) is 18.6 Å². The summed E-state index contributed by atoms with van der Waals surface area (Å²) in [6.45, 7) is 1.23. The summed E-state index contributed by atoms with van der Waals surface area (Å²) in [5.74, 6) is -2.82. The Morgan fingerprint density at radius 2 is 1.94 bits per heavy atom. The number of hydrogen-bond donors (Lipinski definition) is 0. The molecule has 6 heteroatoms. The number of halogens is 2. The molecule has 0 radical (unpaired) electrons. The monoisotopic (exact) mass is 262 g/mol. The van der Waals surface area contributed by atoms with Gasteiger partial charge in [0.05, 0.1) is 0 Å². The smallest absolute Gasteiger partial charge is 0.162 e. The number of benzene rings is 1. The summed E-state index contributed by atoms with van der Waals surface area (Å²) in [6.07, 6.45) is 0.495. The van der Waals surface area contributed by atoms with E-state index in [-0.39, 0.29) is 5.56 Å². The Bertz CT molecular complexity index is 538. The first-order chi connectivity index (χ1) is 7.73. The zero-order chi connectivity index (χ0) is 13.2. The van der Waals surface area contributed by atoms with Gasteiger partial charge >= 0.3 is 0 Å². The van der Waals surface area contributed by atoms with Crippen molar-refractivity contribution in [3.05, 3.63) is 35.4 Å². The van der Waals surface area contributed by atoms with Crippen LogP contribution in [0, 0.1) is 11.6 Å². The van der Waals surface area contributed by atoms with Crippen molar-refractivity contribution in [3.8, 4) is 0 Å². The number of rotatable bonds is 4. The van der Waals surface area contributed by atoms with Gasteiger partial charge in [0.1, 0.15) is 5.25 Å². The van der Waals surface area contributed by atoms with E-state index < -0.39 is 38.9 Å². The van der Waals surface area contributed by atoms with Gasteiger partial charge in [0.25, 0.3) is 0 Å². The molecular weight excluding hydrogens is 250 g/mol. The van der Waals surface area contributed by atoms with Crippen molar-refractivity contribution in [1.82, 2.24) is 0 Å². The molecule has 0 aliphatic heterocycles. The first kappa shape index (κ1) is 13.8. The third-order valence-corrected chi connectivity index (χ3v) is 4.04. The Morgan fingerprint density at radius 3 is 2.47 bits per heavy atom. The lowest BCUT2D eigenvalue weighted by Gasteiger charge is -2.08. The summed E-state index contributed by atoms with van der Waals surface area (Å²) in [6, 6.07) is 3.46. The fourth-order valence-electron chi connectivity index (χ4n) is 1.26. The molecule has 0 saturated heterocycles. The van der Waals surface area contributed by atoms with E-state index in [9.17, 15) is 22.0 Å². The molecule has 1 unspecified atom stereocenters. The van der Waals surface area contributed by atoms with Crippen LogP contribution in [-0.2, 0) is 21.1 Å². The van der Waals surface area contributed by atoms with E-state index in [4.69, 9.17) is 0 Å². The zero-order valence-corrected chi connectivity index (χ0v) is 10.2. The minimum absolute atomic E-state index is 0.134. The highest BCUT2D eigenvalue weighted by Gasteiger charge is 2.24. The van der Waals surface area contributed by atoms with Crippen LogP contribution < -0.4 is 0 Å². The minimum Gasteiger partial charge on any atom is -0.298 e. The lowest BCUT2D eigenvalue weighted by atomic mass is 10.1. The van der Waals surface area contributed by atoms with Crippen molar-refractivity contribution in [2.24, 2.45) is 0 Å². The van der Waals surface area contributed by atoms with Gasteiger partial charge in [-0.2, -0.15) is 0 Å². The molecule has 1 atom stereocenters. The molecule has 17 heavy (non-hydrogen) atoms. The van der Waals surface area contributed by atoms with Crippen LogP contribution in [-0.4, -0.2) is 25.7 Å². The number of carbonyl (C=O) groups excluding carboxylic acids is 1. The van der Waals surface area contributed by atoms with E-state index in [1.54, 1.807) is 0 Å².